The first kappa shape index (κ1) is 13.6. The largest absolute Gasteiger partial charge is 0.480 e. The highest BCUT2D eigenvalue weighted by atomic mass is 16.4. The molecule has 102 valence electrons. The van der Waals surface area contributed by atoms with Gasteiger partial charge in [-0.3, -0.25) is 9.59 Å². The number of benzene rings is 1. The van der Waals surface area contributed by atoms with Crippen molar-refractivity contribution in [3.8, 4) is 0 Å². The van der Waals surface area contributed by atoms with Crippen molar-refractivity contribution in [2.75, 3.05) is 5.32 Å². The van der Waals surface area contributed by atoms with Crippen molar-refractivity contribution in [2.45, 2.75) is 39.5 Å². The number of amides is 1. The van der Waals surface area contributed by atoms with Crippen LogP contribution < -0.4 is 5.32 Å². The van der Waals surface area contributed by atoms with E-state index in [4.69, 9.17) is 0 Å². The fraction of sp³-hybridized carbons (Fsp3) is 0.467. The van der Waals surface area contributed by atoms with Crippen LogP contribution in [0.15, 0.2) is 18.2 Å². The van der Waals surface area contributed by atoms with Crippen molar-refractivity contribution >= 4 is 17.6 Å². The van der Waals surface area contributed by atoms with Crippen LogP contribution in [0.5, 0.6) is 0 Å². The summed E-state index contributed by atoms with van der Waals surface area (Å²) in [6.07, 6.45) is 2.60. The number of anilines is 1. The number of carboxylic acids is 1. The van der Waals surface area contributed by atoms with E-state index in [0.717, 1.165) is 18.4 Å². The van der Waals surface area contributed by atoms with Gasteiger partial charge in [-0.25, -0.2) is 0 Å². The molecule has 1 amide bonds. The molecule has 0 unspecified atom stereocenters. The second kappa shape index (κ2) is 5.03. The molecule has 2 rings (SSSR count). The first-order chi connectivity index (χ1) is 8.99. The number of aliphatic carboxylic acids is 1. The summed E-state index contributed by atoms with van der Waals surface area (Å²) in [6.45, 7) is 4.07. The van der Waals surface area contributed by atoms with Gasteiger partial charge in [0.05, 0.1) is 0 Å². The Morgan fingerprint density at radius 1 is 1.37 bits per heavy atom. The summed E-state index contributed by atoms with van der Waals surface area (Å²) in [5.41, 5.74) is 1.80. The molecule has 1 aliphatic rings. The maximum Gasteiger partial charge on any atom is 0.319 e. The van der Waals surface area contributed by atoms with E-state index >= 15 is 0 Å². The summed E-state index contributed by atoms with van der Waals surface area (Å²) in [5.74, 6) is -1.41. The van der Waals surface area contributed by atoms with E-state index in [-0.39, 0.29) is 0 Å². The standard InChI is InChI=1S/C15H19NO3/c1-3-11-5-6-12(9-10(11)2)16-13(17)15(14(18)19)7-4-8-15/h5-6,9H,3-4,7-8H2,1-2H3,(H,16,17)(H,18,19). The Labute approximate surface area is 112 Å². The summed E-state index contributed by atoms with van der Waals surface area (Å²) < 4.78 is 0. The van der Waals surface area contributed by atoms with Crippen LogP contribution in [0.2, 0.25) is 0 Å². The predicted molar refractivity (Wildman–Crippen MR) is 73.1 cm³/mol. The Bertz CT molecular complexity index is 518. The van der Waals surface area contributed by atoms with E-state index < -0.39 is 17.3 Å². The van der Waals surface area contributed by atoms with Gasteiger partial charge in [0.2, 0.25) is 5.91 Å². The van der Waals surface area contributed by atoms with E-state index in [9.17, 15) is 14.7 Å². The van der Waals surface area contributed by atoms with Gasteiger partial charge < -0.3 is 10.4 Å². The zero-order valence-corrected chi connectivity index (χ0v) is 11.3. The Kier molecular flexibility index (Phi) is 3.60. The molecule has 4 heteroatoms. The molecule has 0 bridgehead atoms. The van der Waals surface area contributed by atoms with Gasteiger partial charge in [0, 0.05) is 5.69 Å². The number of hydrogen-bond acceptors (Lipinski definition) is 2. The molecular weight excluding hydrogens is 242 g/mol. The molecule has 1 aliphatic carbocycles. The molecule has 0 aromatic heterocycles. The average molecular weight is 261 g/mol. The van der Waals surface area contributed by atoms with Gasteiger partial charge in [-0.2, -0.15) is 0 Å². The number of carbonyl (C=O) groups excluding carboxylic acids is 1. The zero-order chi connectivity index (χ0) is 14.0. The van der Waals surface area contributed by atoms with Crippen molar-refractivity contribution in [3.05, 3.63) is 29.3 Å². The summed E-state index contributed by atoms with van der Waals surface area (Å²) >= 11 is 0. The fourth-order valence-corrected chi connectivity index (χ4v) is 2.49. The Morgan fingerprint density at radius 3 is 2.47 bits per heavy atom. The molecule has 0 saturated heterocycles. The van der Waals surface area contributed by atoms with Gasteiger partial charge in [0.25, 0.3) is 0 Å². The van der Waals surface area contributed by atoms with Crippen molar-refractivity contribution < 1.29 is 14.7 Å². The molecular formula is C15H19NO3. The third-order valence-electron chi connectivity index (χ3n) is 4.03. The summed E-state index contributed by atoms with van der Waals surface area (Å²) in [7, 11) is 0. The number of nitrogens with one attached hydrogen (secondary N) is 1. The number of rotatable bonds is 4. The molecule has 1 aromatic rings. The molecule has 0 heterocycles. The van der Waals surface area contributed by atoms with Gasteiger partial charge in [-0.15, -0.1) is 0 Å². The smallest absolute Gasteiger partial charge is 0.319 e. The lowest BCUT2D eigenvalue weighted by Gasteiger charge is -2.35. The molecule has 1 saturated carbocycles. The van der Waals surface area contributed by atoms with E-state index in [1.54, 1.807) is 0 Å². The lowest BCUT2D eigenvalue weighted by Crippen LogP contribution is -2.48. The predicted octanol–water partition coefficient (Wildman–Crippen LogP) is 2.75. The van der Waals surface area contributed by atoms with Crippen LogP contribution in [0.4, 0.5) is 5.69 Å². The maximum absolute atomic E-state index is 12.1. The minimum atomic E-state index is -1.21. The maximum atomic E-state index is 12.1. The second-order valence-electron chi connectivity index (χ2n) is 5.19. The highest BCUT2D eigenvalue weighted by Gasteiger charge is 2.51. The molecule has 4 nitrogen and oxygen atoms in total. The summed E-state index contributed by atoms with van der Waals surface area (Å²) in [5, 5.41) is 11.9. The van der Waals surface area contributed by atoms with Crippen LogP contribution >= 0.6 is 0 Å². The van der Waals surface area contributed by atoms with E-state index in [0.29, 0.717) is 18.5 Å². The lowest BCUT2D eigenvalue weighted by atomic mass is 9.68. The molecule has 0 spiro atoms. The molecule has 0 atom stereocenters. The van der Waals surface area contributed by atoms with Crippen LogP contribution in [-0.2, 0) is 16.0 Å². The normalized spacial score (nSPS) is 16.5. The van der Waals surface area contributed by atoms with Crippen LogP contribution in [0, 0.1) is 12.3 Å². The minimum Gasteiger partial charge on any atom is -0.480 e. The van der Waals surface area contributed by atoms with E-state index in [1.807, 2.05) is 25.1 Å². The van der Waals surface area contributed by atoms with Crippen molar-refractivity contribution in [2.24, 2.45) is 5.41 Å². The van der Waals surface area contributed by atoms with Crippen LogP contribution in [0.25, 0.3) is 0 Å². The Hall–Kier alpha value is -1.84. The minimum absolute atomic E-state index is 0.394. The van der Waals surface area contributed by atoms with Crippen molar-refractivity contribution in [3.63, 3.8) is 0 Å². The second-order valence-corrected chi connectivity index (χ2v) is 5.19. The Balaban J connectivity index is 2.15. The molecule has 1 aromatic carbocycles. The molecule has 0 aliphatic heterocycles. The van der Waals surface area contributed by atoms with Crippen LogP contribution in [0.1, 0.15) is 37.3 Å². The molecule has 19 heavy (non-hydrogen) atoms. The first-order valence-electron chi connectivity index (χ1n) is 6.64. The van der Waals surface area contributed by atoms with E-state index in [2.05, 4.69) is 12.2 Å². The van der Waals surface area contributed by atoms with E-state index in [1.165, 1.54) is 5.56 Å². The Morgan fingerprint density at radius 2 is 2.05 bits per heavy atom. The molecule has 2 N–H and O–H groups in total. The number of hydrogen-bond donors (Lipinski definition) is 2. The highest BCUT2D eigenvalue weighted by molar-refractivity contribution is 6.09. The third-order valence-corrected chi connectivity index (χ3v) is 4.03. The van der Waals surface area contributed by atoms with Crippen LogP contribution in [0.3, 0.4) is 0 Å². The van der Waals surface area contributed by atoms with Gasteiger partial charge in [0.1, 0.15) is 5.41 Å². The zero-order valence-electron chi connectivity index (χ0n) is 11.3. The molecule has 0 radical (unpaired) electrons. The van der Waals surface area contributed by atoms with Gasteiger partial charge in [-0.05, 0) is 49.4 Å². The monoisotopic (exact) mass is 261 g/mol. The fourth-order valence-electron chi connectivity index (χ4n) is 2.49. The molecule has 1 fully saturated rings. The lowest BCUT2D eigenvalue weighted by molar-refractivity contribution is -0.159. The average Bonchev–Trinajstić information content (AvgIpc) is 2.26. The number of carbonyl (C=O) groups is 2. The summed E-state index contributed by atoms with van der Waals surface area (Å²) in [6, 6.07) is 5.70. The third kappa shape index (κ3) is 2.35. The first-order valence-corrected chi connectivity index (χ1v) is 6.64. The van der Waals surface area contributed by atoms with Crippen molar-refractivity contribution in [1.82, 2.24) is 0 Å². The van der Waals surface area contributed by atoms with Crippen molar-refractivity contribution in [1.29, 1.82) is 0 Å². The quantitative estimate of drug-likeness (QED) is 0.819. The topological polar surface area (TPSA) is 66.4 Å². The number of aryl methyl sites for hydroxylation is 2. The van der Waals surface area contributed by atoms with Crippen LogP contribution in [-0.4, -0.2) is 17.0 Å². The highest BCUT2D eigenvalue weighted by Crippen LogP contribution is 2.42. The van der Waals surface area contributed by atoms with Gasteiger partial charge in [-0.1, -0.05) is 19.4 Å². The van der Waals surface area contributed by atoms with Gasteiger partial charge >= 0.3 is 5.97 Å². The SMILES string of the molecule is CCc1ccc(NC(=O)C2(C(=O)O)CCC2)cc1C. The van der Waals surface area contributed by atoms with Gasteiger partial charge in [0.15, 0.2) is 0 Å². The summed E-state index contributed by atoms with van der Waals surface area (Å²) in [4.78, 5) is 23.4. The number of carboxylic acid groups (broad SMARTS) is 1.